The fraction of sp³-hybridized carbons (Fsp3) is 0.150. The second kappa shape index (κ2) is 7.31. The Kier molecular flexibility index (Phi) is 4.93. The number of fused-ring (bicyclic) bond motifs is 1. The number of amides is 1. The molecule has 0 unspecified atom stereocenters. The number of aromatic nitrogens is 1. The van der Waals surface area contributed by atoms with Gasteiger partial charge in [-0.1, -0.05) is 12.1 Å². The zero-order valence-corrected chi connectivity index (χ0v) is 14.4. The van der Waals surface area contributed by atoms with Gasteiger partial charge in [-0.25, -0.2) is 9.18 Å². The van der Waals surface area contributed by atoms with E-state index >= 15 is 0 Å². The molecule has 0 radical (unpaired) electrons. The molecule has 1 N–H and O–H groups in total. The topological polar surface area (TPSA) is 68.3 Å². The number of halogens is 1. The van der Waals surface area contributed by atoms with E-state index in [2.05, 4.69) is 10.3 Å². The van der Waals surface area contributed by atoms with Gasteiger partial charge in [-0.05, 0) is 50.2 Å². The molecular weight excluding hydrogens is 335 g/mol. The van der Waals surface area contributed by atoms with Crippen molar-refractivity contribution in [3.8, 4) is 0 Å². The summed E-state index contributed by atoms with van der Waals surface area (Å²) in [5.41, 5.74) is 2.02. The molecule has 6 heteroatoms. The quantitative estimate of drug-likeness (QED) is 0.718. The Morgan fingerprint density at radius 2 is 1.88 bits per heavy atom. The Morgan fingerprint density at radius 3 is 2.65 bits per heavy atom. The number of pyridine rings is 1. The maximum atomic E-state index is 13.6. The van der Waals surface area contributed by atoms with Crippen LogP contribution in [-0.2, 0) is 4.74 Å². The van der Waals surface area contributed by atoms with Gasteiger partial charge >= 0.3 is 5.97 Å². The standard InChI is InChI=1S/C20H17FN2O3/c1-3-26-20(25)14-6-4-5-7-17(14)23-19(24)16-10-12(2)22-18-9-8-13(21)11-15(16)18/h4-11H,3H2,1-2H3,(H,23,24). The number of ether oxygens (including phenoxy) is 1. The van der Waals surface area contributed by atoms with Crippen molar-refractivity contribution in [3.63, 3.8) is 0 Å². The first-order chi connectivity index (χ1) is 12.5. The van der Waals surface area contributed by atoms with Gasteiger partial charge in [0.05, 0.1) is 28.9 Å². The second-order valence-electron chi connectivity index (χ2n) is 5.69. The molecule has 1 heterocycles. The number of hydrogen-bond donors (Lipinski definition) is 1. The first-order valence-corrected chi connectivity index (χ1v) is 8.14. The van der Waals surface area contributed by atoms with E-state index in [1.165, 1.54) is 18.2 Å². The molecule has 0 spiro atoms. The number of anilines is 1. The molecule has 0 atom stereocenters. The van der Waals surface area contributed by atoms with E-state index in [0.29, 0.717) is 22.3 Å². The Balaban J connectivity index is 2.01. The highest BCUT2D eigenvalue weighted by Crippen LogP contribution is 2.22. The molecule has 5 nitrogen and oxygen atoms in total. The molecule has 26 heavy (non-hydrogen) atoms. The number of para-hydroxylation sites is 1. The lowest BCUT2D eigenvalue weighted by Gasteiger charge is -2.12. The number of rotatable bonds is 4. The van der Waals surface area contributed by atoms with Crippen molar-refractivity contribution in [2.75, 3.05) is 11.9 Å². The largest absolute Gasteiger partial charge is 0.462 e. The molecular formula is C20H17FN2O3. The Bertz CT molecular complexity index is 1000. The molecule has 0 aliphatic rings. The number of benzene rings is 2. The van der Waals surface area contributed by atoms with Crippen molar-refractivity contribution < 1.29 is 18.7 Å². The van der Waals surface area contributed by atoms with E-state index in [1.54, 1.807) is 44.2 Å². The highest BCUT2D eigenvalue weighted by atomic mass is 19.1. The summed E-state index contributed by atoms with van der Waals surface area (Å²) in [4.78, 5) is 29.2. The van der Waals surface area contributed by atoms with Crippen molar-refractivity contribution >= 4 is 28.5 Å². The maximum Gasteiger partial charge on any atom is 0.340 e. The van der Waals surface area contributed by atoms with Gasteiger partial charge in [0.15, 0.2) is 0 Å². The second-order valence-corrected chi connectivity index (χ2v) is 5.69. The summed E-state index contributed by atoms with van der Waals surface area (Å²) in [7, 11) is 0. The van der Waals surface area contributed by atoms with Crippen molar-refractivity contribution in [1.29, 1.82) is 0 Å². The first kappa shape index (κ1) is 17.5. The summed E-state index contributed by atoms with van der Waals surface area (Å²) >= 11 is 0. The molecule has 2 aromatic carbocycles. The molecule has 0 fully saturated rings. The van der Waals surface area contributed by atoms with Gasteiger partial charge in [-0.15, -0.1) is 0 Å². The number of hydrogen-bond acceptors (Lipinski definition) is 4. The molecule has 0 bridgehead atoms. The fourth-order valence-corrected chi connectivity index (χ4v) is 2.69. The highest BCUT2D eigenvalue weighted by molar-refractivity contribution is 6.14. The minimum atomic E-state index is -0.523. The van der Waals surface area contributed by atoms with Crippen LogP contribution in [0.4, 0.5) is 10.1 Å². The summed E-state index contributed by atoms with van der Waals surface area (Å²) in [5, 5.41) is 3.12. The van der Waals surface area contributed by atoms with Crippen LogP contribution in [0.25, 0.3) is 10.9 Å². The van der Waals surface area contributed by atoms with E-state index in [4.69, 9.17) is 4.74 Å². The molecule has 0 aliphatic heterocycles. The van der Waals surface area contributed by atoms with E-state index in [9.17, 15) is 14.0 Å². The van der Waals surface area contributed by atoms with Gasteiger partial charge in [0.1, 0.15) is 5.82 Å². The SMILES string of the molecule is CCOC(=O)c1ccccc1NC(=O)c1cc(C)nc2ccc(F)cc12. The number of carbonyl (C=O) groups excluding carboxylic acids is 2. The predicted octanol–water partition coefficient (Wildman–Crippen LogP) is 4.11. The summed E-state index contributed by atoms with van der Waals surface area (Å²) in [5.74, 6) is -1.43. The summed E-state index contributed by atoms with van der Waals surface area (Å²) in [6.45, 7) is 3.69. The Morgan fingerprint density at radius 1 is 1.12 bits per heavy atom. The number of nitrogens with zero attached hydrogens (tertiary/aromatic N) is 1. The molecule has 0 saturated heterocycles. The van der Waals surface area contributed by atoms with Gasteiger partial charge in [0, 0.05) is 11.1 Å². The van der Waals surface area contributed by atoms with Crippen LogP contribution in [0.15, 0.2) is 48.5 Å². The normalized spacial score (nSPS) is 10.6. The minimum absolute atomic E-state index is 0.231. The van der Waals surface area contributed by atoms with Crippen molar-refractivity contribution in [2.24, 2.45) is 0 Å². The first-order valence-electron chi connectivity index (χ1n) is 8.14. The average molecular weight is 352 g/mol. The van der Waals surface area contributed by atoms with Crippen molar-refractivity contribution in [2.45, 2.75) is 13.8 Å². The van der Waals surface area contributed by atoms with Crippen LogP contribution in [-0.4, -0.2) is 23.5 Å². The van der Waals surface area contributed by atoms with Gasteiger partial charge in [-0.2, -0.15) is 0 Å². The van der Waals surface area contributed by atoms with Crippen molar-refractivity contribution in [3.05, 3.63) is 71.2 Å². The minimum Gasteiger partial charge on any atom is -0.462 e. The average Bonchev–Trinajstić information content (AvgIpc) is 2.62. The predicted molar refractivity (Wildman–Crippen MR) is 96.8 cm³/mol. The third-order valence-electron chi connectivity index (χ3n) is 3.81. The molecule has 0 saturated carbocycles. The van der Waals surface area contributed by atoms with Crippen LogP contribution < -0.4 is 5.32 Å². The maximum absolute atomic E-state index is 13.6. The summed E-state index contributed by atoms with van der Waals surface area (Å²) in [6, 6.07) is 12.3. The summed E-state index contributed by atoms with van der Waals surface area (Å²) in [6.07, 6.45) is 0. The Labute approximate surface area is 149 Å². The van der Waals surface area contributed by atoms with E-state index < -0.39 is 17.7 Å². The Hall–Kier alpha value is -3.28. The molecule has 0 aliphatic carbocycles. The summed E-state index contributed by atoms with van der Waals surface area (Å²) < 4.78 is 18.7. The zero-order chi connectivity index (χ0) is 18.7. The fourth-order valence-electron chi connectivity index (χ4n) is 2.69. The van der Waals surface area contributed by atoms with E-state index in [-0.39, 0.29) is 17.7 Å². The van der Waals surface area contributed by atoms with Gasteiger partial charge in [0.2, 0.25) is 0 Å². The van der Waals surface area contributed by atoms with Crippen LogP contribution >= 0.6 is 0 Å². The number of carbonyl (C=O) groups is 2. The highest BCUT2D eigenvalue weighted by Gasteiger charge is 2.17. The zero-order valence-electron chi connectivity index (χ0n) is 14.4. The molecule has 3 rings (SSSR count). The van der Waals surface area contributed by atoms with Crippen LogP contribution in [0.5, 0.6) is 0 Å². The third kappa shape index (κ3) is 3.54. The van der Waals surface area contributed by atoms with Crippen LogP contribution in [0, 0.1) is 12.7 Å². The van der Waals surface area contributed by atoms with Gasteiger partial charge < -0.3 is 10.1 Å². The molecule has 1 amide bonds. The van der Waals surface area contributed by atoms with Crippen molar-refractivity contribution in [1.82, 2.24) is 4.98 Å². The molecule has 1 aromatic heterocycles. The third-order valence-corrected chi connectivity index (χ3v) is 3.81. The molecule has 132 valence electrons. The van der Waals surface area contributed by atoms with E-state index in [1.807, 2.05) is 0 Å². The number of esters is 1. The lowest BCUT2D eigenvalue weighted by atomic mass is 10.1. The van der Waals surface area contributed by atoms with Gasteiger partial charge in [0.25, 0.3) is 5.91 Å². The number of nitrogens with one attached hydrogen (secondary N) is 1. The smallest absolute Gasteiger partial charge is 0.340 e. The molecule has 3 aromatic rings. The van der Waals surface area contributed by atoms with E-state index in [0.717, 1.165) is 0 Å². The van der Waals surface area contributed by atoms with Crippen LogP contribution in [0.3, 0.4) is 0 Å². The van der Waals surface area contributed by atoms with Crippen LogP contribution in [0.1, 0.15) is 33.3 Å². The lowest BCUT2D eigenvalue weighted by molar-refractivity contribution is 0.0527. The van der Waals surface area contributed by atoms with Crippen LogP contribution in [0.2, 0.25) is 0 Å². The monoisotopic (exact) mass is 352 g/mol. The lowest BCUT2D eigenvalue weighted by Crippen LogP contribution is -2.16. The van der Waals surface area contributed by atoms with Gasteiger partial charge in [-0.3, -0.25) is 9.78 Å². The number of aryl methyl sites for hydroxylation is 1.